The standard InChI is InChI=1S/C56H101N19O16/c1-26(2)21-35(49(85)73-38(54(90)91)23-28(5)6)67-41(78)25-66-46(82)32(13-11-19-64-55(60)61)68-47(83)33(14-12-20-65-56(62)63)69-51(87)37(24-40(59)77)71-48(84)34(16-17-39(58)76)70-50(86)36(22-27(3)4)72-52(88)43(29(7)8)75-53(89)44(30(9)10)74-45(81)31(57)15-18-42(79)80/h26-38,43-44H,11-25,57H2,1-10H3,(H2,58,76)(H2,59,77)(H,66,82)(H,67,78)(H,68,83)(H,69,87)(H,70,86)(H,71,84)(H,72,88)(H,73,85)(H,74,81)(H,75,89)(H,79,80)(H,90,91)(H4,60,61,64)(H4,62,63,65). The molecule has 0 fully saturated rings. The van der Waals surface area contributed by atoms with Gasteiger partial charge in [-0.05, 0) is 87.4 Å². The Morgan fingerprint density at radius 3 is 1.15 bits per heavy atom. The molecule has 0 aromatic rings. The van der Waals surface area contributed by atoms with Crippen molar-refractivity contribution in [3.05, 3.63) is 0 Å². The molecule has 0 aromatic heterocycles. The number of aliphatic imine (C=N–C) groups is 2. The molecule has 516 valence electrons. The SMILES string of the molecule is CC(C)CC(NC(=O)C(CC(C)C)NC(=O)CNC(=O)C(CCCN=C(N)N)NC(=O)C(CCCN=C(N)N)NC(=O)C(CC(N)=O)NC(=O)C(CCC(N)=O)NC(=O)C(CC(C)C)NC(=O)C(NC(=O)C(NC(=O)C(N)CCC(=O)O)C(C)C)C(C)C)C(=O)O. The normalized spacial score (nSPS) is 14.5. The van der Waals surface area contributed by atoms with Crippen LogP contribution in [0.2, 0.25) is 0 Å². The number of amides is 12. The fourth-order valence-corrected chi connectivity index (χ4v) is 8.75. The number of nitrogens with one attached hydrogen (secondary N) is 10. The number of carboxylic acid groups (broad SMARTS) is 2. The predicted octanol–water partition coefficient (Wildman–Crippen LogP) is -5.56. The van der Waals surface area contributed by atoms with Gasteiger partial charge in [-0.15, -0.1) is 0 Å². The maximum atomic E-state index is 14.3. The fraction of sp³-hybridized carbons (Fsp3) is 0.714. The second kappa shape index (κ2) is 42.1. The minimum Gasteiger partial charge on any atom is -0.481 e. The Morgan fingerprint density at radius 2 is 0.747 bits per heavy atom. The van der Waals surface area contributed by atoms with Crippen molar-refractivity contribution in [2.75, 3.05) is 19.6 Å². The molecule has 0 aliphatic heterocycles. The van der Waals surface area contributed by atoms with E-state index in [0.717, 1.165) is 0 Å². The topological polar surface area (TPSA) is 607 Å². The first-order valence-corrected chi connectivity index (χ1v) is 30.1. The van der Waals surface area contributed by atoms with Gasteiger partial charge >= 0.3 is 11.9 Å². The molecule has 35 nitrogen and oxygen atoms in total. The van der Waals surface area contributed by atoms with Crippen molar-refractivity contribution in [3.8, 4) is 0 Å². The second-order valence-electron chi connectivity index (χ2n) is 24.0. The van der Waals surface area contributed by atoms with Gasteiger partial charge in [0.15, 0.2) is 11.9 Å². The molecule has 12 amide bonds. The number of guanidine groups is 2. The fourth-order valence-electron chi connectivity index (χ4n) is 8.75. The van der Waals surface area contributed by atoms with Crippen LogP contribution in [0.25, 0.3) is 0 Å². The summed E-state index contributed by atoms with van der Waals surface area (Å²) in [4.78, 5) is 194. The predicted molar refractivity (Wildman–Crippen MR) is 333 cm³/mol. The molecule has 10 atom stereocenters. The number of rotatable bonds is 45. The zero-order valence-corrected chi connectivity index (χ0v) is 53.8. The highest BCUT2D eigenvalue weighted by molar-refractivity contribution is 6.00. The van der Waals surface area contributed by atoms with E-state index < -0.39 is 187 Å². The van der Waals surface area contributed by atoms with Crippen LogP contribution in [0, 0.1) is 29.6 Å². The van der Waals surface area contributed by atoms with E-state index >= 15 is 0 Å². The van der Waals surface area contributed by atoms with E-state index in [1.165, 1.54) is 0 Å². The molecule has 35 heteroatoms. The maximum Gasteiger partial charge on any atom is 0.326 e. The Kier molecular flexibility index (Phi) is 38.0. The maximum absolute atomic E-state index is 14.3. The van der Waals surface area contributed by atoms with Crippen LogP contribution in [0.15, 0.2) is 9.98 Å². The molecular formula is C56H101N19O16. The Hall–Kier alpha value is -8.92. The van der Waals surface area contributed by atoms with Crippen LogP contribution in [0.1, 0.15) is 146 Å². The van der Waals surface area contributed by atoms with Crippen LogP contribution < -0.4 is 93.3 Å². The number of hydrogen-bond acceptors (Lipinski definition) is 17. The monoisotopic (exact) mass is 1300 g/mol. The number of carboxylic acids is 2. The third-order valence-corrected chi connectivity index (χ3v) is 13.5. The molecule has 0 radical (unpaired) electrons. The largest absolute Gasteiger partial charge is 0.481 e. The molecule has 10 unspecified atom stereocenters. The van der Waals surface area contributed by atoms with Crippen LogP contribution in [0.4, 0.5) is 0 Å². The lowest BCUT2D eigenvalue weighted by atomic mass is 9.97. The zero-order valence-electron chi connectivity index (χ0n) is 53.8. The summed E-state index contributed by atoms with van der Waals surface area (Å²) >= 11 is 0. The molecule has 0 aromatic carbocycles. The Labute approximate surface area is 529 Å². The van der Waals surface area contributed by atoms with Crippen LogP contribution in [-0.2, 0) is 67.1 Å². The van der Waals surface area contributed by atoms with Gasteiger partial charge in [-0.2, -0.15) is 0 Å². The molecule has 0 aliphatic carbocycles. The number of carbonyl (C=O) groups excluding carboxylic acids is 12. The number of aliphatic carboxylic acids is 2. The number of nitrogens with two attached hydrogens (primary N) is 7. The molecule has 0 rings (SSSR count). The number of nitrogens with zero attached hydrogens (tertiary/aromatic N) is 2. The smallest absolute Gasteiger partial charge is 0.326 e. The molecule has 26 N–H and O–H groups in total. The lowest BCUT2D eigenvalue weighted by molar-refractivity contribution is -0.143. The molecule has 0 saturated carbocycles. The van der Waals surface area contributed by atoms with E-state index in [2.05, 4.69) is 63.2 Å². The third kappa shape index (κ3) is 35.2. The Balaban J connectivity index is 7.01. The van der Waals surface area contributed by atoms with Crippen molar-refractivity contribution in [1.29, 1.82) is 0 Å². The van der Waals surface area contributed by atoms with Crippen molar-refractivity contribution >= 4 is 94.7 Å². The summed E-state index contributed by atoms with van der Waals surface area (Å²) in [5, 5.41) is 43.5. The highest BCUT2D eigenvalue weighted by atomic mass is 16.4. The molecule has 0 spiro atoms. The van der Waals surface area contributed by atoms with Gasteiger partial charge in [-0.1, -0.05) is 69.2 Å². The lowest BCUT2D eigenvalue weighted by Gasteiger charge is -2.30. The van der Waals surface area contributed by atoms with Crippen LogP contribution in [0.5, 0.6) is 0 Å². The average Bonchev–Trinajstić information content (AvgIpc) is 1.29. The molecule has 0 bridgehead atoms. The highest BCUT2D eigenvalue weighted by Gasteiger charge is 2.37. The Morgan fingerprint density at radius 1 is 0.385 bits per heavy atom. The highest BCUT2D eigenvalue weighted by Crippen LogP contribution is 2.14. The van der Waals surface area contributed by atoms with Gasteiger partial charge in [0, 0.05) is 25.9 Å². The van der Waals surface area contributed by atoms with Gasteiger partial charge < -0.3 is 104 Å². The molecule has 91 heavy (non-hydrogen) atoms. The summed E-state index contributed by atoms with van der Waals surface area (Å²) in [7, 11) is 0. The van der Waals surface area contributed by atoms with Crippen molar-refractivity contribution in [2.24, 2.45) is 79.7 Å². The summed E-state index contributed by atoms with van der Waals surface area (Å²) in [6.45, 7) is 16.0. The van der Waals surface area contributed by atoms with Crippen molar-refractivity contribution in [2.45, 2.75) is 207 Å². The van der Waals surface area contributed by atoms with Gasteiger partial charge in [0.2, 0.25) is 70.9 Å². The molecule has 0 saturated heterocycles. The summed E-state index contributed by atoms with van der Waals surface area (Å²) < 4.78 is 0. The van der Waals surface area contributed by atoms with Crippen molar-refractivity contribution < 1.29 is 77.3 Å². The van der Waals surface area contributed by atoms with E-state index in [0.29, 0.717) is 0 Å². The number of carbonyl (C=O) groups is 14. The zero-order chi connectivity index (χ0) is 70.0. The second-order valence-corrected chi connectivity index (χ2v) is 24.0. The molecule has 0 heterocycles. The summed E-state index contributed by atoms with van der Waals surface area (Å²) in [5.74, 6) is -16.4. The van der Waals surface area contributed by atoms with Crippen LogP contribution in [0.3, 0.4) is 0 Å². The minimum absolute atomic E-state index is 0.0105. The van der Waals surface area contributed by atoms with Crippen LogP contribution in [-0.4, -0.2) is 185 Å². The number of hydrogen-bond donors (Lipinski definition) is 19. The first-order chi connectivity index (χ1) is 42.2. The van der Waals surface area contributed by atoms with Gasteiger partial charge in [0.25, 0.3) is 0 Å². The van der Waals surface area contributed by atoms with Crippen LogP contribution >= 0.6 is 0 Å². The minimum atomic E-state index is -1.91. The van der Waals surface area contributed by atoms with Gasteiger partial charge in [0.05, 0.1) is 19.0 Å². The van der Waals surface area contributed by atoms with Crippen molar-refractivity contribution in [1.82, 2.24) is 53.2 Å². The van der Waals surface area contributed by atoms with E-state index in [4.69, 9.17) is 45.2 Å². The third-order valence-electron chi connectivity index (χ3n) is 13.5. The number of primary amides is 2. The summed E-state index contributed by atoms with van der Waals surface area (Å²) in [6.07, 6.45) is -2.86. The van der Waals surface area contributed by atoms with E-state index in [-0.39, 0.29) is 94.1 Å². The van der Waals surface area contributed by atoms with E-state index in [1.807, 2.05) is 0 Å². The first kappa shape index (κ1) is 82.1. The summed E-state index contributed by atoms with van der Waals surface area (Å²) in [6, 6.07) is -14.5. The van der Waals surface area contributed by atoms with Gasteiger partial charge in [-0.3, -0.25) is 72.3 Å². The summed E-state index contributed by atoms with van der Waals surface area (Å²) in [5.41, 5.74) is 38.8. The quantitative estimate of drug-likeness (QED) is 0.0154. The molecule has 0 aliphatic rings. The van der Waals surface area contributed by atoms with Gasteiger partial charge in [-0.25, -0.2) is 4.79 Å². The Bertz CT molecular complexity index is 2560. The first-order valence-electron chi connectivity index (χ1n) is 30.1. The van der Waals surface area contributed by atoms with Crippen molar-refractivity contribution in [3.63, 3.8) is 0 Å². The average molecular weight is 1300 g/mol. The van der Waals surface area contributed by atoms with E-state index in [9.17, 15) is 72.2 Å². The lowest BCUT2D eigenvalue weighted by Crippen LogP contribution is -2.61. The van der Waals surface area contributed by atoms with E-state index in [1.54, 1.807) is 69.2 Å². The molecular weight excluding hydrogens is 1190 g/mol. The van der Waals surface area contributed by atoms with Gasteiger partial charge in [0.1, 0.15) is 54.4 Å².